The van der Waals surface area contributed by atoms with Gasteiger partial charge in [0.25, 0.3) is 0 Å². The summed E-state index contributed by atoms with van der Waals surface area (Å²) >= 11 is 0. The first-order chi connectivity index (χ1) is 9.70. The fourth-order valence-corrected chi connectivity index (χ4v) is 2.15. The van der Waals surface area contributed by atoms with E-state index in [9.17, 15) is 4.79 Å². The molecule has 2 nitrogen and oxygen atoms in total. The smallest absolute Gasteiger partial charge is 0.187 e. The van der Waals surface area contributed by atoms with Gasteiger partial charge in [-0.1, -0.05) is 37.6 Å². The number of hydrogen-bond acceptors (Lipinski definition) is 2. The Balaban J connectivity index is 2.12. The highest BCUT2D eigenvalue weighted by Gasteiger charge is 2.01. The Morgan fingerprint density at radius 1 is 1.30 bits per heavy atom. The number of carbonyl (C=O) groups excluding carboxylic acids is 1. The lowest BCUT2D eigenvalue weighted by molar-refractivity contribution is 0.104. The van der Waals surface area contributed by atoms with Crippen molar-refractivity contribution in [3.63, 3.8) is 0 Å². The molecule has 0 aliphatic carbocycles. The van der Waals surface area contributed by atoms with Crippen LogP contribution in [0.3, 0.4) is 0 Å². The Bertz CT molecular complexity index is 615. The molecule has 0 amide bonds. The average molecular weight is 265 g/mol. The lowest BCUT2D eigenvalue weighted by Gasteiger charge is -2.05. The van der Waals surface area contributed by atoms with E-state index < -0.39 is 0 Å². The van der Waals surface area contributed by atoms with Gasteiger partial charge >= 0.3 is 0 Å². The molecule has 0 spiro atoms. The van der Waals surface area contributed by atoms with Crippen LogP contribution in [0.5, 0.6) is 0 Å². The molecule has 2 rings (SSSR count). The Kier molecular flexibility index (Phi) is 4.83. The predicted molar refractivity (Wildman–Crippen MR) is 82.8 cm³/mol. The molecule has 0 aliphatic heterocycles. The number of rotatable bonds is 5. The molecule has 2 aromatic rings. The summed E-state index contributed by atoms with van der Waals surface area (Å²) in [6.45, 7) is 4.30. The number of carbonyl (C=O) groups is 1. The first kappa shape index (κ1) is 14.2. The molecule has 0 bridgehead atoms. The van der Waals surface area contributed by atoms with Gasteiger partial charge in [0.15, 0.2) is 5.78 Å². The lowest BCUT2D eigenvalue weighted by atomic mass is 10.0. The zero-order chi connectivity index (χ0) is 14.4. The van der Waals surface area contributed by atoms with Gasteiger partial charge in [-0.25, -0.2) is 0 Å². The Labute approximate surface area is 120 Å². The fraction of sp³-hybridized carbons (Fsp3) is 0.222. The molecular weight excluding hydrogens is 246 g/mol. The topological polar surface area (TPSA) is 30.0 Å². The monoisotopic (exact) mass is 265 g/mol. The molecule has 0 saturated carbocycles. The van der Waals surface area contributed by atoms with Crippen LogP contribution in [-0.2, 0) is 6.42 Å². The number of nitrogens with zero attached hydrogens (tertiary/aromatic N) is 1. The maximum atomic E-state index is 11.9. The number of allylic oxidation sites excluding steroid dienone is 1. The molecule has 0 fully saturated rings. The SMILES string of the molecule is CCCc1ccc(/C=C/C(=O)c2cccnc2)cc1C. The minimum Gasteiger partial charge on any atom is -0.289 e. The van der Waals surface area contributed by atoms with Crippen molar-refractivity contribution in [1.29, 1.82) is 0 Å². The molecule has 0 N–H and O–H groups in total. The maximum absolute atomic E-state index is 11.9. The van der Waals surface area contributed by atoms with Gasteiger partial charge in [-0.15, -0.1) is 0 Å². The van der Waals surface area contributed by atoms with E-state index in [4.69, 9.17) is 0 Å². The quantitative estimate of drug-likeness (QED) is 0.598. The van der Waals surface area contributed by atoms with E-state index in [1.165, 1.54) is 11.1 Å². The molecule has 102 valence electrons. The fourth-order valence-electron chi connectivity index (χ4n) is 2.15. The molecule has 1 aromatic heterocycles. The number of pyridine rings is 1. The number of ketones is 1. The molecule has 0 unspecified atom stereocenters. The van der Waals surface area contributed by atoms with Crippen molar-refractivity contribution in [2.45, 2.75) is 26.7 Å². The largest absolute Gasteiger partial charge is 0.289 e. The van der Waals surface area contributed by atoms with Gasteiger partial charge < -0.3 is 0 Å². The van der Waals surface area contributed by atoms with Crippen LogP contribution in [0.4, 0.5) is 0 Å². The molecule has 0 aliphatic rings. The molecule has 0 atom stereocenters. The molecule has 2 heteroatoms. The van der Waals surface area contributed by atoms with E-state index in [1.807, 2.05) is 6.08 Å². The van der Waals surface area contributed by atoms with Crippen molar-refractivity contribution >= 4 is 11.9 Å². The third-order valence-corrected chi connectivity index (χ3v) is 3.26. The minimum absolute atomic E-state index is 0.0200. The van der Waals surface area contributed by atoms with Crippen molar-refractivity contribution < 1.29 is 4.79 Å². The second kappa shape index (κ2) is 6.80. The third kappa shape index (κ3) is 3.64. The van der Waals surface area contributed by atoms with E-state index in [0.717, 1.165) is 18.4 Å². The van der Waals surface area contributed by atoms with Gasteiger partial charge in [-0.05, 0) is 48.2 Å². The highest BCUT2D eigenvalue weighted by molar-refractivity contribution is 6.06. The van der Waals surface area contributed by atoms with Gasteiger partial charge in [-0.3, -0.25) is 9.78 Å². The van der Waals surface area contributed by atoms with Crippen molar-refractivity contribution in [1.82, 2.24) is 4.98 Å². The van der Waals surface area contributed by atoms with Crippen LogP contribution in [0.15, 0.2) is 48.8 Å². The van der Waals surface area contributed by atoms with E-state index in [-0.39, 0.29) is 5.78 Å². The number of hydrogen-bond donors (Lipinski definition) is 0. The minimum atomic E-state index is -0.0200. The summed E-state index contributed by atoms with van der Waals surface area (Å²) in [6, 6.07) is 9.87. The van der Waals surface area contributed by atoms with E-state index in [1.54, 1.807) is 30.6 Å². The van der Waals surface area contributed by atoms with Crippen molar-refractivity contribution in [2.75, 3.05) is 0 Å². The molecule has 0 radical (unpaired) electrons. The Hall–Kier alpha value is -2.22. The lowest BCUT2D eigenvalue weighted by Crippen LogP contribution is -1.94. The molecule has 1 aromatic carbocycles. The van der Waals surface area contributed by atoms with Crippen molar-refractivity contribution in [3.8, 4) is 0 Å². The molecular formula is C18H19NO. The number of aryl methyl sites for hydroxylation is 2. The first-order valence-corrected chi connectivity index (χ1v) is 6.92. The summed E-state index contributed by atoms with van der Waals surface area (Å²) in [5.41, 5.74) is 4.33. The highest BCUT2D eigenvalue weighted by atomic mass is 16.1. The molecule has 0 saturated heterocycles. The van der Waals surface area contributed by atoms with Crippen molar-refractivity contribution in [3.05, 3.63) is 71.1 Å². The van der Waals surface area contributed by atoms with Crippen LogP contribution < -0.4 is 0 Å². The van der Waals surface area contributed by atoms with Gasteiger partial charge in [0, 0.05) is 18.0 Å². The number of aromatic nitrogens is 1. The van der Waals surface area contributed by atoms with Crippen LogP contribution in [-0.4, -0.2) is 10.8 Å². The van der Waals surface area contributed by atoms with Gasteiger partial charge in [0.05, 0.1) is 0 Å². The van der Waals surface area contributed by atoms with Crippen LogP contribution in [0.1, 0.15) is 40.4 Å². The summed E-state index contributed by atoms with van der Waals surface area (Å²) in [7, 11) is 0. The molecule has 20 heavy (non-hydrogen) atoms. The van der Waals surface area contributed by atoms with Crippen LogP contribution >= 0.6 is 0 Å². The second-order valence-corrected chi connectivity index (χ2v) is 4.88. The van der Waals surface area contributed by atoms with Gasteiger partial charge in [0.2, 0.25) is 0 Å². The summed E-state index contributed by atoms with van der Waals surface area (Å²) in [5, 5.41) is 0. The second-order valence-electron chi connectivity index (χ2n) is 4.88. The Morgan fingerprint density at radius 2 is 2.15 bits per heavy atom. The normalized spacial score (nSPS) is 10.9. The van der Waals surface area contributed by atoms with Gasteiger partial charge in [-0.2, -0.15) is 0 Å². The number of benzene rings is 1. The average Bonchev–Trinajstić information content (AvgIpc) is 2.48. The summed E-state index contributed by atoms with van der Waals surface area (Å²) in [5.74, 6) is -0.0200. The van der Waals surface area contributed by atoms with Crippen LogP contribution in [0.2, 0.25) is 0 Å². The summed E-state index contributed by atoms with van der Waals surface area (Å²) in [6.07, 6.45) is 8.96. The summed E-state index contributed by atoms with van der Waals surface area (Å²) < 4.78 is 0. The predicted octanol–water partition coefficient (Wildman–Crippen LogP) is 4.24. The molecule has 1 heterocycles. The van der Waals surface area contributed by atoms with Gasteiger partial charge in [0.1, 0.15) is 0 Å². The maximum Gasteiger partial charge on any atom is 0.187 e. The van der Waals surface area contributed by atoms with E-state index in [2.05, 4.69) is 37.0 Å². The van der Waals surface area contributed by atoms with Crippen LogP contribution in [0.25, 0.3) is 6.08 Å². The zero-order valence-corrected chi connectivity index (χ0v) is 12.0. The summed E-state index contributed by atoms with van der Waals surface area (Å²) in [4.78, 5) is 15.9. The standard InChI is InChI=1S/C18H19NO/c1-3-5-16-9-7-15(12-14(16)2)8-10-18(20)17-6-4-11-19-13-17/h4,6-13H,3,5H2,1-2H3/b10-8+. The highest BCUT2D eigenvalue weighted by Crippen LogP contribution is 2.14. The Morgan fingerprint density at radius 3 is 2.80 bits per heavy atom. The van der Waals surface area contributed by atoms with Crippen molar-refractivity contribution in [2.24, 2.45) is 0 Å². The first-order valence-electron chi connectivity index (χ1n) is 6.92. The van der Waals surface area contributed by atoms with E-state index in [0.29, 0.717) is 5.56 Å². The third-order valence-electron chi connectivity index (χ3n) is 3.26. The van der Waals surface area contributed by atoms with E-state index >= 15 is 0 Å². The zero-order valence-electron chi connectivity index (χ0n) is 12.0. The van der Waals surface area contributed by atoms with Crippen LogP contribution in [0, 0.1) is 6.92 Å².